The third kappa shape index (κ3) is 2.46. The standard InChI is InChI=1S/C16H19N5O2/c1-20(15-7-17-4-5-19-15)13-3-2-11-8-21(9-12(11)13)16(22)14-6-18-10-23-14/h4-7,10-13H,2-3,8-9H2,1H3/t11-,12+,13-/m1/s1. The fourth-order valence-electron chi connectivity index (χ4n) is 4.00. The van der Waals surface area contributed by atoms with Gasteiger partial charge in [-0.05, 0) is 18.8 Å². The number of fused-ring (bicyclic) bond motifs is 1. The zero-order valence-corrected chi connectivity index (χ0v) is 13.0. The minimum absolute atomic E-state index is 0.0576. The highest BCUT2D eigenvalue weighted by Crippen LogP contribution is 2.41. The van der Waals surface area contributed by atoms with Crippen molar-refractivity contribution in [2.75, 3.05) is 25.0 Å². The summed E-state index contributed by atoms with van der Waals surface area (Å²) in [6, 6.07) is 0.393. The minimum atomic E-state index is -0.0576. The van der Waals surface area contributed by atoms with Crippen molar-refractivity contribution in [1.29, 1.82) is 0 Å². The molecule has 1 amide bonds. The van der Waals surface area contributed by atoms with Crippen molar-refractivity contribution in [1.82, 2.24) is 19.9 Å². The summed E-state index contributed by atoms with van der Waals surface area (Å²) >= 11 is 0. The average Bonchev–Trinajstić information content (AvgIpc) is 3.30. The van der Waals surface area contributed by atoms with Gasteiger partial charge in [0.05, 0.1) is 12.4 Å². The molecule has 3 atom stereocenters. The second-order valence-corrected chi connectivity index (χ2v) is 6.32. The summed E-state index contributed by atoms with van der Waals surface area (Å²) in [5.74, 6) is 2.17. The summed E-state index contributed by atoms with van der Waals surface area (Å²) in [5.41, 5.74) is 0. The van der Waals surface area contributed by atoms with E-state index in [1.54, 1.807) is 18.6 Å². The van der Waals surface area contributed by atoms with E-state index in [1.807, 2.05) is 4.90 Å². The average molecular weight is 313 g/mol. The molecule has 1 aliphatic heterocycles. The first-order valence-corrected chi connectivity index (χ1v) is 7.90. The summed E-state index contributed by atoms with van der Waals surface area (Å²) in [4.78, 5) is 28.9. The quantitative estimate of drug-likeness (QED) is 0.854. The minimum Gasteiger partial charge on any atom is -0.438 e. The molecule has 0 N–H and O–H groups in total. The highest BCUT2D eigenvalue weighted by Gasteiger charge is 2.46. The van der Waals surface area contributed by atoms with Crippen LogP contribution in [0, 0.1) is 11.8 Å². The molecule has 2 aromatic rings. The maximum atomic E-state index is 12.4. The third-order valence-electron chi connectivity index (χ3n) is 5.16. The van der Waals surface area contributed by atoms with Gasteiger partial charge in [0, 0.05) is 44.5 Å². The molecule has 1 aliphatic carbocycles. The van der Waals surface area contributed by atoms with Crippen LogP contribution in [0.25, 0.3) is 0 Å². The number of oxazole rings is 1. The van der Waals surface area contributed by atoms with Gasteiger partial charge >= 0.3 is 0 Å². The first-order chi connectivity index (χ1) is 11.2. The monoisotopic (exact) mass is 313 g/mol. The topological polar surface area (TPSA) is 75.4 Å². The van der Waals surface area contributed by atoms with Gasteiger partial charge in [0.15, 0.2) is 6.39 Å². The van der Waals surface area contributed by atoms with Gasteiger partial charge in [-0.25, -0.2) is 9.97 Å². The number of likely N-dealkylation sites (tertiary alicyclic amines) is 1. The number of rotatable bonds is 3. The van der Waals surface area contributed by atoms with Crippen molar-refractivity contribution < 1.29 is 9.21 Å². The molecule has 0 bridgehead atoms. The number of carbonyl (C=O) groups excluding carboxylic acids is 1. The highest BCUT2D eigenvalue weighted by molar-refractivity contribution is 5.91. The number of hydrogen-bond acceptors (Lipinski definition) is 6. The summed E-state index contributed by atoms with van der Waals surface area (Å²) < 4.78 is 5.14. The molecule has 7 nitrogen and oxygen atoms in total. The Hall–Kier alpha value is -2.44. The molecule has 1 saturated heterocycles. The van der Waals surface area contributed by atoms with E-state index >= 15 is 0 Å². The van der Waals surface area contributed by atoms with Crippen LogP contribution < -0.4 is 4.90 Å². The van der Waals surface area contributed by atoms with Gasteiger partial charge in [0.25, 0.3) is 5.91 Å². The van der Waals surface area contributed by atoms with Gasteiger partial charge in [-0.2, -0.15) is 0 Å². The summed E-state index contributed by atoms with van der Waals surface area (Å²) in [6.45, 7) is 1.56. The number of amides is 1. The highest BCUT2D eigenvalue weighted by atomic mass is 16.3. The lowest BCUT2D eigenvalue weighted by Crippen LogP contribution is -2.39. The Bertz CT molecular complexity index is 675. The maximum Gasteiger partial charge on any atom is 0.291 e. The zero-order valence-electron chi connectivity index (χ0n) is 13.0. The molecule has 3 heterocycles. The Morgan fingerprint density at radius 3 is 2.91 bits per heavy atom. The molecule has 0 radical (unpaired) electrons. The van der Waals surface area contributed by atoms with Crippen LogP contribution in [-0.2, 0) is 0 Å². The van der Waals surface area contributed by atoms with Gasteiger partial charge in [-0.1, -0.05) is 0 Å². The van der Waals surface area contributed by atoms with E-state index in [0.29, 0.717) is 23.6 Å². The molecule has 0 spiro atoms. The number of hydrogen-bond donors (Lipinski definition) is 0. The number of carbonyl (C=O) groups is 1. The molecule has 23 heavy (non-hydrogen) atoms. The van der Waals surface area contributed by atoms with Crippen molar-refractivity contribution in [2.24, 2.45) is 11.8 Å². The molecule has 0 unspecified atom stereocenters. The van der Waals surface area contributed by atoms with Gasteiger partial charge in [0.1, 0.15) is 5.82 Å². The Morgan fingerprint density at radius 1 is 1.26 bits per heavy atom. The second-order valence-electron chi connectivity index (χ2n) is 6.32. The molecule has 2 fully saturated rings. The van der Waals surface area contributed by atoms with Crippen molar-refractivity contribution in [2.45, 2.75) is 18.9 Å². The predicted octanol–water partition coefficient (Wildman–Crippen LogP) is 1.45. The molecule has 1 saturated carbocycles. The Balaban J connectivity index is 1.48. The Kier molecular flexibility index (Phi) is 3.48. The van der Waals surface area contributed by atoms with E-state index in [9.17, 15) is 4.79 Å². The normalized spacial score (nSPS) is 26.3. The SMILES string of the molecule is CN(c1cnccn1)[C@@H]1CC[C@@H]2CN(C(=O)c3cnco3)C[C@@H]21. The molecule has 2 aliphatic rings. The van der Waals surface area contributed by atoms with E-state index < -0.39 is 0 Å². The van der Waals surface area contributed by atoms with Gasteiger partial charge in [-0.3, -0.25) is 9.78 Å². The Labute approximate surface area is 134 Å². The molecule has 120 valence electrons. The summed E-state index contributed by atoms with van der Waals surface area (Å²) in [6.07, 6.45) is 10.2. The van der Waals surface area contributed by atoms with E-state index in [-0.39, 0.29) is 5.91 Å². The third-order valence-corrected chi connectivity index (χ3v) is 5.16. The van der Waals surface area contributed by atoms with Crippen molar-refractivity contribution in [3.63, 3.8) is 0 Å². The van der Waals surface area contributed by atoms with Gasteiger partial charge in [-0.15, -0.1) is 0 Å². The van der Waals surface area contributed by atoms with Crippen LogP contribution in [0.4, 0.5) is 5.82 Å². The smallest absolute Gasteiger partial charge is 0.291 e. The lowest BCUT2D eigenvalue weighted by atomic mass is 9.97. The zero-order chi connectivity index (χ0) is 15.8. The number of aromatic nitrogens is 3. The lowest BCUT2D eigenvalue weighted by molar-refractivity contribution is 0.0747. The predicted molar refractivity (Wildman–Crippen MR) is 82.8 cm³/mol. The van der Waals surface area contributed by atoms with Crippen LogP contribution in [0.15, 0.2) is 35.6 Å². The first-order valence-electron chi connectivity index (χ1n) is 7.90. The molecule has 2 aromatic heterocycles. The molecular weight excluding hydrogens is 294 g/mol. The largest absolute Gasteiger partial charge is 0.438 e. The number of nitrogens with zero attached hydrogens (tertiary/aromatic N) is 5. The van der Waals surface area contributed by atoms with Crippen LogP contribution in [0.3, 0.4) is 0 Å². The van der Waals surface area contributed by atoms with Crippen LogP contribution in [-0.4, -0.2) is 51.9 Å². The number of anilines is 1. The van der Waals surface area contributed by atoms with E-state index in [0.717, 1.165) is 31.7 Å². The van der Waals surface area contributed by atoms with Crippen molar-refractivity contribution in [3.8, 4) is 0 Å². The van der Waals surface area contributed by atoms with E-state index in [4.69, 9.17) is 4.42 Å². The molecule has 4 rings (SSSR count). The van der Waals surface area contributed by atoms with E-state index in [2.05, 4.69) is 26.9 Å². The molecule has 7 heteroatoms. The van der Waals surface area contributed by atoms with Gasteiger partial charge in [0.2, 0.25) is 5.76 Å². The van der Waals surface area contributed by atoms with Crippen LogP contribution in [0.5, 0.6) is 0 Å². The first kappa shape index (κ1) is 14.2. The lowest BCUT2D eigenvalue weighted by Gasteiger charge is -2.30. The van der Waals surface area contributed by atoms with Crippen molar-refractivity contribution in [3.05, 3.63) is 36.9 Å². The van der Waals surface area contributed by atoms with E-state index in [1.165, 1.54) is 12.6 Å². The fourth-order valence-corrected chi connectivity index (χ4v) is 4.00. The van der Waals surface area contributed by atoms with Crippen LogP contribution in [0.1, 0.15) is 23.4 Å². The Morgan fingerprint density at radius 2 is 2.17 bits per heavy atom. The molecular formula is C16H19N5O2. The maximum absolute atomic E-state index is 12.4. The fraction of sp³-hybridized carbons (Fsp3) is 0.500. The van der Waals surface area contributed by atoms with Crippen molar-refractivity contribution >= 4 is 11.7 Å². The molecule has 0 aromatic carbocycles. The summed E-state index contributed by atoms with van der Waals surface area (Å²) in [5, 5.41) is 0. The van der Waals surface area contributed by atoms with Gasteiger partial charge < -0.3 is 14.2 Å². The second kappa shape index (κ2) is 5.64. The van der Waals surface area contributed by atoms with Crippen LogP contribution >= 0.6 is 0 Å². The summed E-state index contributed by atoms with van der Waals surface area (Å²) in [7, 11) is 2.07. The van der Waals surface area contributed by atoms with Crippen LogP contribution in [0.2, 0.25) is 0 Å².